The summed E-state index contributed by atoms with van der Waals surface area (Å²) in [4.78, 5) is 0. The first kappa shape index (κ1) is 10.5. The fourth-order valence-corrected chi connectivity index (χ4v) is 1.83. The first-order valence-corrected chi connectivity index (χ1v) is 5.14. The minimum absolute atomic E-state index is 0.188. The normalized spacial score (nSPS) is 10.4. The summed E-state index contributed by atoms with van der Waals surface area (Å²) < 4.78 is 10.6. The molecular weight excluding hydrogens is 179 g/mol. The van der Waals surface area contributed by atoms with Crippen molar-refractivity contribution in [2.75, 3.05) is 7.11 Å². The van der Waals surface area contributed by atoms with Gasteiger partial charge in [0.2, 0.25) is 0 Å². The van der Waals surface area contributed by atoms with E-state index in [0.717, 1.165) is 5.46 Å². The van der Waals surface area contributed by atoms with Gasteiger partial charge in [-0.25, -0.2) is 0 Å². The molecule has 1 aromatic rings. The maximum Gasteiger partial charge on any atom is 0.482 e. The molecule has 0 saturated heterocycles. The fraction of sp³-hybridized carbons (Fsp3) is 0.333. The lowest BCUT2D eigenvalue weighted by molar-refractivity contribution is 0.359. The Morgan fingerprint density at radius 3 is 2.54 bits per heavy atom. The van der Waals surface area contributed by atoms with Gasteiger partial charge in [0, 0.05) is 7.11 Å². The Hall–Kier alpha value is -0.578. The van der Waals surface area contributed by atoms with E-state index in [4.69, 9.17) is 9.00 Å². The predicted octanol–water partition coefficient (Wildman–Crippen LogP) is -0.0580. The maximum atomic E-state index is 5.34. The van der Waals surface area contributed by atoms with Gasteiger partial charge in [-0.1, -0.05) is 18.2 Å². The summed E-state index contributed by atoms with van der Waals surface area (Å²) >= 11 is 0. The molecule has 4 heteroatoms. The average Bonchev–Trinajstić information content (AvgIpc) is 2.14. The van der Waals surface area contributed by atoms with Crippen molar-refractivity contribution in [3.8, 4) is 0 Å². The minimum atomic E-state index is -0.188. The zero-order valence-corrected chi connectivity index (χ0v) is 10.6. The molecule has 0 spiro atoms. The summed E-state index contributed by atoms with van der Waals surface area (Å²) in [5.41, 5.74) is 3.67. The van der Waals surface area contributed by atoms with Crippen LogP contribution in [0.4, 0.5) is 0 Å². The van der Waals surface area contributed by atoms with E-state index in [1.807, 2.05) is 6.07 Å². The third-order valence-electron chi connectivity index (χ3n) is 2.33. The topological polar surface area (TPSA) is 18.5 Å². The fourth-order valence-electron chi connectivity index (χ4n) is 1.38. The molecular formula is C9H15BO2Si. The summed E-state index contributed by atoms with van der Waals surface area (Å²) in [7, 11) is 2.17. The van der Waals surface area contributed by atoms with Crippen LogP contribution in [-0.4, -0.2) is 24.7 Å². The van der Waals surface area contributed by atoms with E-state index in [9.17, 15) is 0 Å². The van der Waals surface area contributed by atoms with Gasteiger partial charge in [-0.3, -0.25) is 0 Å². The largest absolute Gasteiger partial charge is 0.482 e. The Kier molecular flexibility index (Phi) is 3.72. The summed E-state index contributed by atoms with van der Waals surface area (Å²) in [6, 6.07) is 6.18. The second-order valence-electron chi connectivity index (χ2n) is 3.09. The van der Waals surface area contributed by atoms with E-state index in [1.165, 1.54) is 11.1 Å². The molecule has 2 nitrogen and oxygen atoms in total. The van der Waals surface area contributed by atoms with Crippen LogP contribution in [0.3, 0.4) is 0 Å². The van der Waals surface area contributed by atoms with E-state index in [2.05, 4.69) is 26.0 Å². The zero-order valence-electron chi connectivity index (χ0n) is 8.63. The molecule has 13 heavy (non-hydrogen) atoms. The van der Waals surface area contributed by atoms with Gasteiger partial charge in [0.25, 0.3) is 0 Å². The van der Waals surface area contributed by atoms with Crippen LogP contribution in [0.1, 0.15) is 11.1 Å². The third kappa shape index (κ3) is 2.21. The Morgan fingerprint density at radius 1 is 1.31 bits per heavy atom. The van der Waals surface area contributed by atoms with Gasteiger partial charge < -0.3 is 9.00 Å². The van der Waals surface area contributed by atoms with E-state index in [-0.39, 0.29) is 7.12 Å². The molecule has 0 aliphatic rings. The van der Waals surface area contributed by atoms with Crippen molar-refractivity contribution in [1.29, 1.82) is 0 Å². The van der Waals surface area contributed by atoms with Crippen LogP contribution < -0.4 is 5.46 Å². The van der Waals surface area contributed by atoms with Crippen molar-refractivity contribution in [2.45, 2.75) is 13.8 Å². The summed E-state index contributed by atoms with van der Waals surface area (Å²) in [6.45, 7) is 4.19. The van der Waals surface area contributed by atoms with Crippen LogP contribution >= 0.6 is 0 Å². The lowest BCUT2D eigenvalue weighted by Gasteiger charge is -2.13. The van der Waals surface area contributed by atoms with E-state index in [1.54, 1.807) is 7.11 Å². The average molecular weight is 194 g/mol. The quantitative estimate of drug-likeness (QED) is 0.628. The molecule has 0 bridgehead atoms. The molecule has 0 aliphatic heterocycles. The molecule has 1 rings (SSSR count). The molecule has 0 atom stereocenters. The highest BCUT2D eigenvalue weighted by molar-refractivity contribution is 6.64. The van der Waals surface area contributed by atoms with Crippen molar-refractivity contribution in [1.82, 2.24) is 0 Å². The second kappa shape index (κ2) is 4.60. The monoisotopic (exact) mass is 194 g/mol. The molecule has 0 amide bonds. The van der Waals surface area contributed by atoms with Gasteiger partial charge >= 0.3 is 7.12 Å². The van der Waals surface area contributed by atoms with Crippen LogP contribution in [-0.2, 0) is 9.00 Å². The van der Waals surface area contributed by atoms with Crippen molar-refractivity contribution < 1.29 is 9.00 Å². The molecule has 0 heterocycles. The van der Waals surface area contributed by atoms with Gasteiger partial charge in [0.15, 0.2) is 0 Å². The van der Waals surface area contributed by atoms with Crippen LogP contribution in [0.2, 0.25) is 0 Å². The molecule has 1 aromatic carbocycles. The van der Waals surface area contributed by atoms with Gasteiger partial charge in [0.05, 0.1) is 0 Å². The third-order valence-corrected chi connectivity index (χ3v) is 2.76. The maximum absolute atomic E-state index is 5.34. The van der Waals surface area contributed by atoms with Gasteiger partial charge in [-0.2, -0.15) is 0 Å². The number of hydrogen-bond donors (Lipinski definition) is 0. The van der Waals surface area contributed by atoms with Crippen LogP contribution in [0, 0.1) is 13.8 Å². The number of rotatable bonds is 3. The van der Waals surface area contributed by atoms with Gasteiger partial charge in [-0.15, -0.1) is 0 Å². The van der Waals surface area contributed by atoms with Crippen molar-refractivity contribution >= 4 is 23.1 Å². The zero-order chi connectivity index (χ0) is 9.84. The highest BCUT2D eigenvalue weighted by Gasteiger charge is 2.19. The molecule has 0 radical (unpaired) electrons. The van der Waals surface area contributed by atoms with Crippen LogP contribution in [0.15, 0.2) is 18.2 Å². The number of hydrogen-bond acceptors (Lipinski definition) is 2. The molecule has 70 valence electrons. The summed E-state index contributed by atoms with van der Waals surface area (Å²) in [5.74, 6) is 0. The van der Waals surface area contributed by atoms with E-state index >= 15 is 0 Å². The summed E-state index contributed by atoms with van der Waals surface area (Å²) in [6.07, 6.45) is 0. The Bertz CT molecular complexity index is 287. The molecule has 0 unspecified atom stereocenters. The van der Waals surface area contributed by atoms with Crippen LogP contribution in [0.25, 0.3) is 0 Å². The first-order chi connectivity index (χ1) is 6.20. The second-order valence-corrected chi connectivity index (χ2v) is 3.56. The Labute approximate surface area is 82.9 Å². The number of benzene rings is 1. The Morgan fingerprint density at radius 2 is 2.00 bits per heavy atom. The first-order valence-electron chi connectivity index (χ1n) is 4.32. The highest BCUT2D eigenvalue weighted by atomic mass is 28.2. The summed E-state index contributed by atoms with van der Waals surface area (Å²) in [5, 5.41) is 0. The molecule has 0 aliphatic carbocycles. The van der Waals surface area contributed by atoms with Gasteiger partial charge in [0.1, 0.15) is 10.5 Å². The van der Waals surface area contributed by atoms with Crippen LogP contribution in [0.5, 0.6) is 0 Å². The SMILES string of the molecule is COB(O[SiH3])c1cccc(C)c1C. The Balaban J connectivity index is 3.05. The van der Waals surface area contributed by atoms with E-state index in [0.29, 0.717) is 10.5 Å². The predicted molar refractivity (Wildman–Crippen MR) is 59.3 cm³/mol. The molecule has 0 saturated carbocycles. The lowest BCUT2D eigenvalue weighted by Crippen LogP contribution is -2.37. The van der Waals surface area contributed by atoms with E-state index < -0.39 is 0 Å². The molecule has 0 fully saturated rings. The van der Waals surface area contributed by atoms with Gasteiger partial charge in [-0.05, 0) is 30.4 Å². The molecule has 0 N–H and O–H groups in total. The number of aryl methyl sites for hydroxylation is 1. The van der Waals surface area contributed by atoms with Crippen molar-refractivity contribution in [3.63, 3.8) is 0 Å². The van der Waals surface area contributed by atoms with Crippen molar-refractivity contribution in [2.24, 2.45) is 0 Å². The lowest BCUT2D eigenvalue weighted by atomic mass is 9.76. The highest BCUT2D eigenvalue weighted by Crippen LogP contribution is 2.04. The minimum Gasteiger partial charge on any atom is -0.457 e. The smallest absolute Gasteiger partial charge is 0.457 e. The van der Waals surface area contributed by atoms with Crippen molar-refractivity contribution in [3.05, 3.63) is 29.3 Å². The molecule has 0 aromatic heterocycles. The standard InChI is InChI=1S/C9H15BO2Si/c1-7-5-4-6-9(8(7)2)10(11-3)12-13/h4-6H,1-3,13H3.